The predicted octanol–water partition coefficient (Wildman–Crippen LogP) is 4.33. The third-order valence-electron chi connectivity index (χ3n) is 2.28. The normalized spacial score (nSPS) is 12.7. The van der Waals surface area contributed by atoms with E-state index < -0.39 is 6.10 Å². The van der Waals surface area contributed by atoms with Crippen LogP contribution in [0.3, 0.4) is 0 Å². The molecule has 0 aliphatic carbocycles. The minimum Gasteiger partial charge on any atom is -0.387 e. The van der Waals surface area contributed by atoms with Gasteiger partial charge in [-0.1, -0.05) is 35.3 Å². The van der Waals surface area contributed by atoms with Crippen molar-refractivity contribution in [2.75, 3.05) is 0 Å². The lowest BCUT2D eigenvalue weighted by molar-refractivity contribution is 0.182. The van der Waals surface area contributed by atoms with Crippen LogP contribution in [0.1, 0.15) is 16.5 Å². The average Bonchev–Trinajstić information content (AvgIpc) is 2.77. The smallest absolute Gasteiger partial charge is 0.0922 e. The van der Waals surface area contributed by atoms with Gasteiger partial charge in [0.1, 0.15) is 0 Å². The standard InChI is InChI=1S/C12H10Cl2OS/c13-9-4-3-8(6-10(9)14)7-11(15)12-2-1-5-16-12/h1-6,11,15H,7H2. The molecule has 1 nitrogen and oxygen atoms in total. The van der Waals surface area contributed by atoms with Gasteiger partial charge in [0.05, 0.1) is 16.1 Å². The topological polar surface area (TPSA) is 20.2 Å². The highest BCUT2D eigenvalue weighted by Crippen LogP contribution is 2.27. The summed E-state index contributed by atoms with van der Waals surface area (Å²) in [5, 5.41) is 13.0. The minimum absolute atomic E-state index is 0.475. The maximum atomic E-state index is 9.96. The van der Waals surface area contributed by atoms with Gasteiger partial charge in [-0.25, -0.2) is 0 Å². The molecule has 1 N–H and O–H groups in total. The van der Waals surface area contributed by atoms with E-state index in [0.717, 1.165) is 10.4 Å². The third kappa shape index (κ3) is 2.77. The summed E-state index contributed by atoms with van der Waals surface area (Å²) in [6, 6.07) is 9.27. The Morgan fingerprint density at radius 1 is 1.19 bits per heavy atom. The van der Waals surface area contributed by atoms with Crippen LogP contribution in [0.15, 0.2) is 35.7 Å². The number of aliphatic hydroxyl groups is 1. The summed E-state index contributed by atoms with van der Waals surface area (Å²) in [6.07, 6.45) is 0.0782. The van der Waals surface area contributed by atoms with Gasteiger partial charge in [-0.3, -0.25) is 0 Å². The molecular formula is C12H10Cl2OS. The zero-order valence-corrected chi connectivity index (χ0v) is 10.7. The molecule has 1 heterocycles. The van der Waals surface area contributed by atoms with Crippen LogP contribution < -0.4 is 0 Å². The number of thiophene rings is 1. The highest BCUT2D eigenvalue weighted by atomic mass is 35.5. The third-order valence-corrected chi connectivity index (χ3v) is 4.00. The number of aliphatic hydroxyl groups excluding tert-OH is 1. The molecule has 0 bridgehead atoms. The summed E-state index contributed by atoms with van der Waals surface area (Å²) in [5.41, 5.74) is 0.982. The number of halogens is 2. The zero-order chi connectivity index (χ0) is 11.5. The van der Waals surface area contributed by atoms with Crippen LogP contribution in [-0.4, -0.2) is 5.11 Å². The second-order valence-corrected chi connectivity index (χ2v) is 5.28. The van der Waals surface area contributed by atoms with Crippen LogP contribution in [0, 0.1) is 0 Å². The second-order valence-electron chi connectivity index (χ2n) is 3.48. The number of hydrogen-bond donors (Lipinski definition) is 1. The molecule has 0 saturated carbocycles. The second kappa shape index (κ2) is 5.19. The molecule has 0 radical (unpaired) electrons. The van der Waals surface area contributed by atoms with E-state index in [1.54, 1.807) is 23.5 Å². The first-order valence-corrected chi connectivity index (χ1v) is 6.46. The Hall–Kier alpha value is -0.540. The molecule has 0 saturated heterocycles. The van der Waals surface area contributed by atoms with Crippen molar-refractivity contribution in [2.24, 2.45) is 0 Å². The highest BCUT2D eigenvalue weighted by Gasteiger charge is 2.10. The molecule has 2 rings (SSSR count). The Bertz CT molecular complexity index is 468. The van der Waals surface area contributed by atoms with Crippen molar-refractivity contribution in [3.05, 3.63) is 56.2 Å². The molecule has 84 valence electrons. The van der Waals surface area contributed by atoms with E-state index in [0.29, 0.717) is 16.5 Å². The molecular weight excluding hydrogens is 263 g/mol. The largest absolute Gasteiger partial charge is 0.387 e. The van der Waals surface area contributed by atoms with E-state index in [1.165, 1.54) is 0 Å². The van der Waals surface area contributed by atoms with Crippen LogP contribution in [0.5, 0.6) is 0 Å². The Labute approximate surface area is 108 Å². The van der Waals surface area contributed by atoms with Crippen molar-refractivity contribution in [3.8, 4) is 0 Å². The molecule has 4 heteroatoms. The van der Waals surface area contributed by atoms with Crippen LogP contribution in [0.25, 0.3) is 0 Å². The van der Waals surface area contributed by atoms with Gasteiger partial charge < -0.3 is 5.11 Å². The van der Waals surface area contributed by atoms with Crippen LogP contribution in [0.2, 0.25) is 10.0 Å². The zero-order valence-electron chi connectivity index (χ0n) is 8.36. The molecule has 1 atom stereocenters. The Balaban J connectivity index is 2.12. The van der Waals surface area contributed by atoms with Gasteiger partial charge in [0.25, 0.3) is 0 Å². The van der Waals surface area contributed by atoms with Crippen molar-refractivity contribution in [2.45, 2.75) is 12.5 Å². The lowest BCUT2D eigenvalue weighted by Gasteiger charge is -2.09. The van der Waals surface area contributed by atoms with E-state index in [4.69, 9.17) is 23.2 Å². The fourth-order valence-corrected chi connectivity index (χ4v) is 2.50. The summed E-state index contributed by atoms with van der Waals surface area (Å²) in [7, 11) is 0. The lowest BCUT2D eigenvalue weighted by atomic mass is 10.1. The van der Waals surface area contributed by atoms with E-state index in [2.05, 4.69) is 0 Å². The quantitative estimate of drug-likeness (QED) is 0.882. The number of rotatable bonds is 3. The lowest BCUT2D eigenvalue weighted by Crippen LogP contribution is -1.99. The van der Waals surface area contributed by atoms with Crippen LogP contribution >= 0.6 is 34.5 Å². The van der Waals surface area contributed by atoms with Gasteiger partial charge in [0.15, 0.2) is 0 Å². The fourth-order valence-electron chi connectivity index (χ4n) is 1.47. The van der Waals surface area contributed by atoms with E-state index >= 15 is 0 Å². The first-order chi connectivity index (χ1) is 7.66. The highest BCUT2D eigenvalue weighted by molar-refractivity contribution is 7.10. The summed E-state index contributed by atoms with van der Waals surface area (Å²) in [5.74, 6) is 0. The molecule has 1 aromatic heterocycles. The van der Waals surface area contributed by atoms with Gasteiger partial charge in [-0.05, 0) is 29.1 Å². The molecule has 0 aliphatic heterocycles. The number of hydrogen-bond acceptors (Lipinski definition) is 2. The van der Waals surface area contributed by atoms with Crippen molar-refractivity contribution < 1.29 is 5.11 Å². The molecule has 0 amide bonds. The first kappa shape index (κ1) is 11.9. The SMILES string of the molecule is OC(Cc1ccc(Cl)c(Cl)c1)c1cccs1. The molecule has 0 aliphatic rings. The van der Waals surface area contributed by atoms with E-state index in [9.17, 15) is 5.11 Å². The van der Waals surface area contributed by atoms with Crippen molar-refractivity contribution >= 4 is 34.5 Å². The van der Waals surface area contributed by atoms with Crippen molar-refractivity contribution in [1.82, 2.24) is 0 Å². The Morgan fingerprint density at radius 2 is 2.00 bits per heavy atom. The van der Waals surface area contributed by atoms with Gasteiger partial charge in [0, 0.05) is 11.3 Å². The van der Waals surface area contributed by atoms with Gasteiger partial charge in [-0.2, -0.15) is 0 Å². The van der Waals surface area contributed by atoms with Crippen LogP contribution in [-0.2, 0) is 6.42 Å². The molecule has 0 spiro atoms. The first-order valence-electron chi connectivity index (χ1n) is 4.82. The van der Waals surface area contributed by atoms with E-state index in [1.807, 2.05) is 23.6 Å². The predicted molar refractivity (Wildman–Crippen MR) is 69.4 cm³/mol. The average molecular weight is 273 g/mol. The molecule has 2 aromatic rings. The molecule has 0 fully saturated rings. The monoisotopic (exact) mass is 272 g/mol. The minimum atomic E-state index is -0.475. The maximum absolute atomic E-state index is 9.96. The Morgan fingerprint density at radius 3 is 2.62 bits per heavy atom. The molecule has 1 unspecified atom stereocenters. The summed E-state index contributed by atoms with van der Waals surface area (Å²) >= 11 is 13.3. The van der Waals surface area contributed by atoms with Gasteiger partial charge >= 0.3 is 0 Å². The van der Waals surface area contributed by atoms with Crippen LogP contribution in [0.4, 0.5) is 0 Å². The van der Waals surface area contributed by atoms with Crippen molar-refractivity contribution in [3.63, 3.8) is 0 Å². The van der Waals surface area contributed by atoms with Crippen molar-refractivity contribution in [1.29, 1.82) is 0 Å². The Kier molecular flexibility index (Phi) is 3.87. The molecule has 16 heavy (non-hydrogen) atoms. The molecule has 1 aromatic carbocycles. The summed E-state index contributed by atoms with van der Waals surface area (Å²) in [4.78, 5) is 0.964. The summed E-state index contributed by atoms with van der Waals surface area (Å²) < 4.78 is 0. The maximum Gasteiger partial charge on any atom is 0.0922 e. The van der Waals surface area contributed by atoms with Gasteiger partial charge in [0.2, 0.25) is 0 Å². The summed E-state index contributed by atoms with van der Waals surface area (Å²) in [6.45, 7) is 0. The fraction of sp³-hybridized carbons (Fsp3) is 0.167. The van der Waals surface area contributed by atoms with E-state index in [-0.39, 0.29) is 0 Å². The van der Waals surface area contributed by atoms with Gasteiger partial charge in [-0.15, -0.1) is 11.3 Å². The number of benzene rings is 1.